The van der Waals surface area contributed by atoms with Gasteiger partial charge in [-0.3, -0.25) is 0 Å². The van der Waals surface area contributed by atoms with Gasteiger partial charge >= 0.3 is 0 Å². The van der Waals surface area contributed by atoms with E-state index in [1.54, 1.807) is 11.8 Å². The van der Waals surface area contributed by atoms with E-state index in [-0.39, 0.29) is 0 Å². The second-order valence-corrected chi connectivity index (χ2v) is 4.41. The second kappa shape index (κ2) is 5.12. The highest BCUT2D eigenvalue weighted by atomic mass is 32.2. The van der Waals surface area contributed by atoms with Crippen LogP contribution in [-0.2, 0) is 6.54 Å². The van der Waals surface area contributed by atoms with Crippen LogP contribution >= 0.6 is 11.8 Å². The molecule has 0 radical (unpaired) electrons. The third kappa shape index (κ3) is 2.61. The van der Waals surface area contributed by atoms with Crippen LogP contribution in [0.1, 0.15) is 11.5 Å². The summed E-state index contributed by atoms with van der Waals surface area (Å²) in [6.45, 7) is 2.69. The van der Waals surface area contributed by atoms with Crippen molar-refractivity contribution in [1.82, 2.24) is 0 Å². The number of hydrogen-bond acceptors (Lipinski definition) is 3. The summed E-state index contributed by atoms with van der Waals surface area (Å²) in [5.74, 6) is 1.92. The molecule has 0 aliphatic carbocycles. The summed E-state index contributed by atoms with van der Waals surface area (Å²) in [5.41, 5.74) is 1.16. The molecule has 84 valence electrons. The third-order valence-corrected chi connectivity index (χ3v) is 3.15. The van der Waals surface area contributed by atoms with Gasteiger partial charge in [0.15, 0.2) is 0 Å². The van der Waals surface area contributed by atoms with E-state index in [1.807, 2.05) is 31.2 Å². The molecule has 0 saturated carbocycles. The van der Waals surface area contributed by atoms with Crippen molar-refractivity contribution in [2.75, 3.05) is 11.6 Å². The SMILES string of the molecule is CSc1ccccc1NCc1ccc(C)o1. The molecule has 1 aromatic carbocycles. The number of thioether (sulfide) groups is 1. The van der Waals surface area contributed by atoms with Gasteiger partial charge in [0.2, 0.25) is 0 Å². The van der Waals surface area contributed by atoms with Gasteiger partial charge in [-0.25, -0.2) is 0 Å². The van der Waals surface area contributed by atoms with Gasteiger partial charge in [0.1, 0.15) is 11.5 Å². The van der Waals surface area contributed by atoms with E-state index in [2.05, 4.69) is 23.7 Å². The quantitative estimate of drug-likeness (QED) is 0.810. The lowest BCUT2D eigenvalue weighted by molar-refractivity contribution is 0.490. The maximum absolute atomic E-state index is 5.51. The van der Waals surface area contributed by atoms with Crippen LogP contribution in [0.25, 0.3) is 0 Å². The normalized spacial score (nSPS) is 10.4. The number of aryl methyl sites for hydroxylation is 1. The molecule has 0 amide bonds. The molecule has 0 unspecified atom stereocenters. The number of rotatable bonds is 4. The first-order valence-electron chi connectivity index (χ1n) is 5.22. The smallest absolute Gasteiger partial charge is 0.123 e. The van der Waals surface area contributed by atoms with Crippen molar-refractivity contribution in [2.24, 2.45) is 0 Å². The highest BCUT2D eigenvalue weighted by Crippen LogP contribution is 2.25. The molecule has 2 nitrogen and oxygen atoms in total. The molecule has 2 rings (SSSR count). The fourth-order valence-corrected chi connectivity index (χ4v) is 2.13. The lowest BCUT2D eigenvalue weighted by Gasteiger charge is -2.08. The summed E-state index contributed by atoms with van der Waals surface area (Å²) in [7, 11) is 0. The Morgan fingerprint density at radius 3 is 2.69 bits per heavy atom. The molecule has 0 atom stereocenters. The number of benzene rings is 1. The number of anilines is 1. The molecule has 0 aliphatic heterocycles. The van der Waals surface area contributed by atoms with Crippen LogP contribution in [0.4, 0.5) is 5.69 Å². The Morgan fingerprint density at radius 1 is 1.19 bits per heavy atom. The topological polar surface area (TPSA) is 25.2 Å². The third-order valence-electron chi connectivity index (χ3n) is 2.36. The minimum absolute atomic E-state index is 0.728. The lowest BCUT2D eigenvalue weighted by atomic mass is 10.3. The summed E-state index contributed by atoms with van der Waals surface area (Å²) in [6, 6.07) is 12.3. The first-order chi connectivity index (χ1) is 7.79. The largest absolute Gasteiger partial charge is 0.465 e. The Morgan fingerprint density at radius 2 is 2.00 bits per heavy atom. The number of nitrogens with one attached hydrogen (secondary N) is 1. The average molecular weight is 233 g/mol. The maximum atomic E-state index is 5.51. The Labute approximate surface area is 100 Å². The van der Waals surface area contributed by atoms with Gasteiger partial charge < -0.3 is 9.73 Å². The van der Waals surface area contributed by atoms with Gasteiger partial charge in [-0.15, -0.1) is 11.8 Å². The molecule has 1 heterocycles. The first-order valence-corrected chi connectivity index (χ1v) is 6.44. The average Bonchev–Trinajstić information content (AvgIpc) is 2.73. The van der Waals surface area contributed by atoms with Crippen LogP contribution in [0.3, 0.4) is 0 Å². The predicted octanol–water partition coefficient (Wildman–Crippen LogP) is 3.92. The second-order valence-electron chi connectivity index (χ2n) is 3.57. The van der Waals surface area contributed by atoms with Gasteiger partial charge in [-0.2, -0.15) is 0 Å². The molecular weight excluding hydrogens is 218 g/mol. The fourth-order valence-electron chi connectivity index (χ4n) is 1.55. The lowest BCUT2D eigenvalue weighted by Crippen LogP contribution is -1.99. The Kier molecular flexibility index (Phi) is 3.57. The number of hydrogen-bond donors (Lipinski definition) is 1. The molecule has 0 spiro atoms. The molecular formula is C13H15NOS. The van der Waals surface area contributed by atoms with E-state index in [0.717, 1.165) is 23.8 Å². The van der Waals surface area contributed by atoms with E-state index in [0.29, 0.717) is 0 Å². The van der Waals surface area contributed by atoms with Crippen LogP contribution in [-0.4, -0.2) is 6.26 Å². The minimum atomic E-state index is 0.728. The maximum Gasteiger partial charge on any atom is 0.123 e. The molecule has 3 heteroatoms. The zero-order valence-electron chi connectivity index (χ0n) is 9.49. The number of para-hydroxylation sites is 1. The Balaban J connectivity index is 2.04. The van der Waals surface area contributed by atoms with E-state index < -0.39 is 0 Å². The summed E-state index contributed by atoms with van der Waals surface area (Å²) >= 11 is 1.74. The van der Waals surface area contributed by atoms with E-state index >= 15 is 0 Å². The number of furan rings is 1. The van der Waals surface area contributed by atoms with E-state index in [9.17, 15) is 0 Å². The highest BCUT2D eigenvalue weighted by molar-refractivity contribution is 7.98. The van der Waals surface area contributed by atoms with Crippen LogP contribution in [0.2, 0.25) is 0 Å². The van der Waals surface area contributed by atoms with Crippen molar-refractivity contribution in [3.8, 4) is 0 Å². The van der Waals surface area contributed by atoms with Gasteiger partial charge in [0, 0.05) is 10.6 Å². The molecule has 2 aromatic rings. The fraction of sp³-hybridized carbons (Fsp3) is 0.231. The van der Waals surface area contributed by atoms with Gasteiger partial charge in [-0.1, -0.05) is 12.1 Å². The van der Waals surface area contributed by atoms with Crippen molar-refractivity contribution < 1.29 is 4.42 Å². The van der Waals surface area contributed by atoms with E-state index in [1.165, 1.54) is 4.90 Å². The summed E-state index contributed by atoms with van der Waals surface area (Å²) in [4.78, 5) is 1.26. The van der Waals surface area contributed by atoms with Crippen LogP contribution in [0.5, 0.6) is 0 Å². The summed E-state index contributed by atoms with van der Waals surface area (Å²) in [5, 5.41) is 3.38. The molecule has 0 aliphatic rings. The van der Waals surface area contributed by atoms with Crippen LogP contribution < -0.4 is 5.32 Å². The van der Waals surface area contributed by atoms with Crippen molar-refractivity contribution in [1.29, 1.82) is 0 Å². The first kappa shape index (κ1) is 11.1. The monoisotopic (exact) mass is 233 g/mol. The van der Waals surface area contributed by atoms with Crippen LogP contribution in [0, 0.1) is 6.92 Å². The molecule has 0 fully saturated rings. The zero-order valence-corrected chi connectivity index (χ0v) is 10.3. The minimum Gasteiger partial charge on any atom is -0.465 e. The molecule has 16 heavy (non-hydrogen) atoms. The molecule has 0 saturated heterocycles. The van der Waals surface area contributed by atoms with Gasteiger partial charge in [0.25, 0.3) is 0 Å². The summed E-state index contributed by atoms with van der Waals surface area (Å²) < 4.78 is 5.51. The van der Waals surface area contributed by atoms with Crippen molar-refractivity contribution in [2.45, 2.75) is 18.4 Å². The van der Waals surface area contributed by atoms with E-state index in [4.69, 9.17) is 4.42 Å². The summed E-state index contributed by atoms with van der Waals surface area (Å²) in [6.07, 6.45) is 2.08. The molecule has 1 aromatic heterocycles. The standard InChI is InChI=1S/C13H15NOS/c1-10-7-8-11(15-10)9-14-12-5-3-4-6-13(12)16-2/h3-8,14H,9H2,1-2H3. The van der Waals surface area contributed by atoms with Crippen LogP contribution in [0.15, 0.2) is 45.7 Å². The Bertz CT molecular complexity index is 464. The predicted molar refractivity (Wildman–Crippen MR) is 69.0 cm³/mol. The molecule has 1 N–H and O–H groups in total. The van der Waals surface area contributed by atoms with Crippen molar-refractivity contribution >= 4 is 17.4 Å². The molecule has 0 bridgehead atoms. The van der Waals surface area contributed by atoms with Crippen molar-refractivity contribution in [3.05, 3.63) is 47.9 Å². The van der Waals surface area contributed by atoms with Crippen molar-refractivity contribution in [3.63, 3.8) is 0 Å². The van der Waals surface area contributed by atoms with Gasteiger partial charge in [0.05, 0.1) is 6.54 Å². The zero-order chi connectivity index (χ0) is 11.4. The Hall–Kier alpha value is -1.35. The van der Waals surface area contributed by atoms with Gasteiger partial charge in [-0.05, 0) is 37.4 Å². The highest BCUT2D eigenvalue weighted by Gasteiger charge is 2.01.